The number of rotatable bonds is 6. The van der Waals surface area contributed by atoms with Gasteiger partial charge in [-0.2, -0.15) is 5.10 Å². The van der Waals surface area contributed by atoms with Crippen LogP contribution in [0.5, 0.6) is 0 Å². The third-order valence-corrected chi connectivity index (χ3v) is 4.51. The maximum atomic E-state index is 12.2. The second kappa shape index (κ2) is 9.14. The molecule has 9 nitrogen and oxygen atoms in total. The number of anilines is 1. The third kappa shape index (κ3) is 5.17. The van der Waals surface area contributed by atoms with Crippen molar-refractivity contribution in [3.63, 3.8) is 0 Å². The van der Waals surface area contributed by atoms with E-state index in [9.17, 15) is 19.7 Å². The van der Waals surface area contributed by atoms with Gasteiger partial charge in [0.2, 0.25) is 5.91 Å². The molecule has 0 saturated heterocycles. The third-order valence-electron chi connectivity index (χ3n) is 3.86. The first kappa shape index (κ1) is 20.9. The number of hydrazone groups is 1. The van der Waals surface area contributed by atoms with Crippen LogP contribution in [0.4, 0.5) is 11.4 Å². The second-order valence-corrected chi connectivity index (χ2v) is 6.94. The van der Waals surface area contributed by atoms with Crippen LogP contribution in [0.3, 0.4) is 0 Å². The van der Waals surface area contributed by atoms with E-state index in [4.69, 9.17) is 4.42 Å². The molecule has 2 aromatic carbocycles. The highest BCUT2D eigenvalue weighted by atomic mass is 79.9. The van der Waals surface area contributed by atoms with Gasteiger partial charge in [0, 0.05) is 40.3 Å². The Kier molecular flexibility index (Phi) is 6.38. The first-order valence-corrected chi connectivity index (χ1v) is 9.38. The smallest absolute Gasteiger partial charge is 0.271 e. The maximum Gasteiger partial charge on any atom is 0.271 e. The van der Waals surface area contributed by atoms with Gasteiger partial charge in [0.15, 0.2) is 0 Å². The number of nitro groups is 1. The number of nitrogens with one attached hydrogen (secondary N) is 2. The van der Waals surface area contributed by atoms with Crippen LogP contribution in [-0.2, 0) is 4.79 Å². The summed E-state index contributed by atoms with van der Waals surface area (Å²) in [5.41, 5.74) is 3.81. The predicted octanol–water partition coefficient (Wildman–Crippen LogP) is 4.34. The fraction of sp³-hybridized carbons (Fsp3) is 0.0500. The highest BCUT2D eigenvalue weighted by Crippen LogP contribution is 2.32. The van der Waals surface area contributed by atoms with Crippen LogP contribution >= 0.6 is 15.9 Å². The molecular formula is C20H15BrN4O5. The minimum atomic E-state index is -0.483. The molecule has 0 fully saturated rings. The van der Waals surface area contributed by atoms with E-state index in [-0.39, 0.29) is 11.6 Å². The number of non-ortho nitro benzene ring substituents is 1. The predicted molar refractivity (Wildman–Crippen MR) is 114 cm³/mol. The lowest BCUT2D eigenvalue weighted by Gasteiger charge is -2.04. The summed E-state index contributed by atoms with van der Waals surface area (Å²) in [6, 6.07) is 14.1. The first-order chi connectivity index (χ1) is 14.3. The van der Waals surface area contributed by atoms with Crippen molar-refractivity contribution in [2.45, 2.75) is 6.92 Å². The topological polar surface area (TPSA) is 127 Å². The summed E-state index contributed by atoms with van der Waals surface area (Å²) in [4.78, 5) is 33.7. The number of furan rings is 1. The number of benzene rings is 2. The molecule has 10 heteroatoms. The van der Waals surface area contributed by atoms with E-state index < -0.39 is 10.8 Å². The van der Waals surface area contributed by atoms with Gasteiger partial charge in [0.05, 0.1) is 11.1 Å². The molecule has 0 radical (unpaired) electrons. The van der Waals surface area contributed by atoms with Gasteiger partial charge in [-0.3, -0.25) is 19.7 Å². The van der Waals surface area contributed by atoms with E-state index in [0.29, 0.717) is 32.8 Å². The van der Waals surface area contributed by atoms with Crippen LogP contribution in [0.15, 0.2) is 68.6 Å². The molecule has 1 aromatic heterocycles. The highest BCUT2D eigenvalue weighted by molar-refractivity contribution is 9.10. The molecule has 2 amide bonds. The molecule has 0 spiro atoms. The Morgan fingerprint density at radius 2 is 1.97 bits per heavy atom. The molecule has 1 heterocycles. The standard InChI is InChI=1S/C20H15BrN4O5/c1-12(26)23-14-4-2-3-13(9-14)20(27)24-22-11-16-6-8-19(30-16)17-7-5-15(25(28)29)10-18(17)21/h2-11H,1H3,(H,23,26)(H,24,27)/b22-11-. The molecule has 0 saturated carbocycles. The lowest BCUT2D eigenvalue weighted by atomic mass is 10.1. The minimum Gasteiger partial charge on any atom is -0.455 e. The Morgan fingerprint density at radius 1 is 1.17 bits per heavy atom. The van der Waals surface area contributed by atoms with Crippen LogP contribution in [-0.4, -0.2) is 23.0 Å². The number of halogens is 1. The average molecular weight is 471 g/mol. The number of hydrogen-bond acceptors (Lipinski definition) is 6. The number of carbonyl (C=O) groups is 2. The molecular weight excluding hydrogens is 456 g/mol. The SMILES string of the molecule is CC(=O)Nc1cccc(C(=O)N/N=C\c2ccc(-c3ccc([N+](=O)[O-])cc3Br)o2)c1. The molecule has 30 heavy (non-hydrogen) atoms. The van der Waals surface area contributed by atoms with E-state index >= 15 is 0 Å². The van der Waals surface area contributed by atoms with Gasteiger partial charge in [0.1, 0.15) is 11.5 Å². The Hall–Kier alpha value is -3.79. The van der Waals surface area contributed by atoms with Crippen molar-refractivity contribution in [1.82, 2.24) is 5.43 Å². The van der Waals surface area contributed by atoms with E-state index in [1.807, 2.05) is 0 Å². The van der Waals surface area contributed by atoms with Gasteiger partial charge in [-0.25, -0.2) is 5.43 Å². The van der Waals surface area contributed by atoms with Crippen LogP contribution in [0, 0.1) is 10.1 Å². The van der Waals surface area contributed by atoms with Crippen molar-refractivity contribution in [3.05, 3.63) is 80.5 Å². The van der Waals surface area contributed by atoms with Crippen LogP contribution < -0.4 is 10.7 Å². The van der Waals surface area contributed by atoms with E-state index in [0.717, 1.165) is 0 Å². The van der Waals surface area contributed by atoms with Gasteiger partial charge in [-0.15, -0.1) is 0 Å². The Bertz CT molecular complexity index is 1160. The highest BCUT2D eigenvalue weighted by Gasteiger charge is 2.13. The van der Waals surface area contributed by atoms with Gasteiger partial charge < -0.3 is 9.73 Å². The molecule has 0 bridgehead atoms. The number of hydrogen-bond donors (Lipinski definition) is 2. The summed E-state index contributed by atoms with van der Waals surface area (Å²) in [6.45, 7) is 1.38. The molecule has 0 aliphatic heterocycles. The van der Waals surface area contributed by atoms with Crippen molar-refractivity contribution < 1.29 is 18.9 Å². The van der Waals surface area contributed by atoms with Crippen LogP contribution in [0.2, 0.25) is 0 Å². The lowest BCUT2D eigenvalue weighted by Crippen LogP contribution is -2.18. The fourth-order valence-electron chi connectivity index (χ4n) is 2.54. The summed E-state index contributed by atoms with van der Waals surface area (Å²) < 4.78 is 6.17. The van der Waals surface area contributed by atoms with Gasteiger partial charge in [-0.1, -0.05) is 6.07 Å². The van der Waals surface area contributed by atoms with E-state index in [2.05, 4.69) is 31.8 Å². The molecule has 0 aliphatic rings. The molecule has 0 unspecified atom stereocenters. The Morgan fingerprint density at radius 3 is 2.67 bits per heavy atom. The number of carbonyl (C=O) groups excluding carboxylic acids is 2. The van der Waals surface area contributed by atoms with Gasteiger partial charge in [-0.05, 0) is 52.3 Å². The zero-order valence-corrected chi connectivity index (χ0v) is 17.2. The maximum absolute atomic E-state index is 12.2. The largest absolute Gasteiger partial charge is 0.455 e. The zero-order valence-electron chi connectivity index (χ0n) is 15.6. The van der Waals surface area contributed by atoms with E-state index in [1.165, 1.54) is 31.3 Å². The van der Waals surface area contributed by atoms with E-state index in [1.54, 1.807) is 36.4 Å². The van der Waals surface area contributed by atoms with Crippen molar-refractivity contribution in [2.24, 2.45) is 5.10 Å². The number of amides is 2. The Labute approximate surface area is 179 Å². The number of nitrogens with zero attached hydrogens (tertiary/aromatic N) is 2. The molecule has 3 aromatic rings. The van der Waals surface area contributed by atoms with Crippen molar-refractivity contribution in [2.75, 3.05) is 5.32 Å². The zero-order chi connectivity index (χ0) is 21.7. The Balaban J connectivity index is 1.67. The molecule has 2 N–H and O–H groups in total. The summed E-state index contributed by atoms with van der Waals surface area (Å²) in [5.74, 6) is 0.164. The molecule has 152 valence electrons. The van der Waals surface area contributed by atoms with Gasteiger partial charge >= 0.3 is 0 Å². The summed E-state index contributed by atoms with van der Waals surface area (Å²) in [5, 5.41) is 17.3. The molecule has 0 aliphatic carbocycles. The van der Waals surface area contributed by atoms with Crippen molar-refractivity contribution in [1.29, 1.82) is 0 Å². The van der Waals surface area contributed by atoms with Crippen molar-refractivity contribution in [3.8, 4) is 11.3 Å². The number of nitro benzene ring substituents is 1. The normalized spacial score (nSPS) is 10.7. The van der Waals surface area contributed by atoms with Crippen LogP contribution in [0.1, 0.15) is 23.0 Å². The first-order valence-electron chi connectivity index (χ1n) is 8.58. The fourth-order valence-corrected chi connectivity index (χ4v) is 3.11. The quantitative estimate of drug-likeness (QED) is 0.314. The second-order valence-electron chi connectivity index (χ2n) is 6.08. The summed E-state index contributed by atoms with van der Waals surface area (Å²) in [7, 11) is 0. The van der Waals surface area contributed by atoms with Crippen LogP contribution in [0.25, 0.3) is 11.3 Å². The molecule has 0 atom stereocenters. The van der Waals surface area contributed by atoms with Crippen molar-refractivity contribution >= 4 is 45.3 Å². The average Bonchev–Trinajstić information content (AvgIpc) is 3.16. The lowest BCUT2D eigenvalue weighted by molar-refractivity contribution is -0.384. The monoisotopic (exact) mass is 470 g/mol. The summed E-state index contributed by atoms with van der Waals surface area (Å²) >= 11 is 3.30. The van der Waals surface area contributed by atoms with Gasteiger partial charge in [0.25, 0.3) is 11.6 Å². The summed E-state index contributed by atoms with van der Waals surface area (Å²) in [6.07, 6.45) is 1.33. The molecule has 3 rings (SSSR count). The minimum absolute atomic E-state index is 0.0377.